The van der Waals surface area contributed by atoms with E-state index in [1.807, 2.05) is 12.1 Å². The van der Waals surface area contributed by atoms with Crippen molar-refractivity contribution in [3.8, 4) is 0 Å². The number of fused-ring (bicyclic) bond motifs is 1. The van der Waals surface area contributed by atoms with Crippen LogP contribution in [-0.4, -0.2) is 45.9 Å². The van der Waals surface area contributed by atoms with E-state index in [0.717, 1.165) is 18.7 Å². The zero-order valence-electron chi connectivity index (χ0n) is 12.6. The Morgan fingerprint density at radius 1 is 1.33 bits per heavy atom. The lowest BCUT2D eigenvalue weighted by Gasteiger charge is -2.10. The summed E-state index contributed by atoms with van der Waals surface area (Å²) in [6.45, 7) is 3.37. The van der Waals surface area contributed by atoms with Crippen LogP contribution >= 0.6 is 0 Å². The Labute approximate surface area is 126 Å². The third-order valence-corrected chi connectivity index (χ3v) is 3.59. The van der Waals surface area contributed by atoms with Gasteiger partial charge < -0.3 is 20.1 Å². The first-order valence-electron chi connectivity index (χ1n) is 7.47. The fraction of sp³-hybridized carbons (Fsp3) is 0.562. The van der Waals surface area contributed by atoms with Crippen molar-refractivity contribution in [3.63, 3.8) is 0 Å². The van der Waals surface area contributed by atoms with Gasteiger partial charge in [0.05, 0.1) is 13.2 Å². The number of hydrogen-bond donors (Lipinski definition) is 2. The number of benzene rings is 1. The van der Waals surface area contributed by atoms with E-state index in [9.17, 15) is 4.79 Å². The van der Waals surface area contributed by atoms with E-state index in [-0.39, 0.29) is 11.8 Å². The average Bonchev–Trinajstić information content (AvgIpc) is 2.90. The molecule has 1 unspecified atom stereocenters. The lowest BCUT2D eigenvalue weighted by Crippen LogP contribution is -2.27. The minimum absolute atomic E-state index is 0.107. The Kier molecular flexibility index (Phi) is 6.50. The van der Waals surface area contributed by atoms with Crippen LogP contribution in [0.1, 0.15) is 24.3 Å². The molecule has 1 atom stereocenters. The molecule has 1 heterocycles. The second-order valence-electron chi connectivity index (χ2n) is 5.18. The first-order chi connectivity index (χ1) is 10.3. The summed E-state index contributed by atoms with van der Waals surface area (Å²) in [6, 6.07) is 8.19. The minimum atomic E-state index is 0.107. The molecule has 0 aromatic heterocycles. The van der Waals surface area contributed by atoms with Crippen LogP contribution in [0.5, 0.6) is 0 Å². The van der Waals surface area contributed by atoms with E-state index < -0.39 is 0 Å². The number of rotatable bonds is 9. The summed E-state index contributed by atoms with van der Waals surface area (Å²) in [4.78, 5) is 11.9. The molecule has 5 heteroatoms. The van der Waals surface area contributed by atoms with Gasteiger partial charge in [0, 0.05) is 44.8 Å². The van der Waals surface area contributed by atoms with E-state index in [1.165, 1.54) is 5.56 Å². The van der Waals surface area contributed by atoms with Gasteiger partial charge in [0.2, 0.25) is 5.91 Å². The highest BCUT2D eigenvalue weighted by Crippen LogP contribution is 2.32. The van der Waals surface area contributed by atoms with Gasteiger partial charge >= 0.3 is 0 Å². The van der Waals surface area contributed by atoms with Crippen LogP contribution in [0.3, 0.4) is 0 Å². The van der Waals surface area contributed by atoms with Gasteiger partial charge in [-0.15, -0.1) is 0 Å². The van der Waals surface area contributed by atoms with E-state index in [0.29, 0.717) is 32.8 Å². The van der Waals surface area contributed by atoms with Crippen molar-refractivity contribution in [2.75, 3.05) is 45.3 Å². The lowest BCUT2D eigenvalue weighted by atomic mass is 9.97. The predicted octanol–water partition coefficient (Wildman–Crippen LogP) is 1.76. The summed E-state index contributed by atoms with van der Waals surface area (Å²) >= 11 is 0. The van der Waals surface area contributed by atoms with E-state index in [1.54, 1.807) is 7.11 Å². The molecule has 1 aromatic rings. The quantitative estimate of drug-likeness (QED) is 0.681. The summed E-state index contributed by atoms with van der Waals surface area (Å²) in [5.41, 5.74) is 2.40. The molecule has 0 bridgehead atoms. The van der Waals surface area contributed by atoms with Gasteiger partial charge in [-0.3, -0.25) is 4.79 Å². The molecule has 2 rings (SSSR count). The molecule has 0 spiro atoms. The summed E-state index contributed by atoms with van der Waals surface area (Å²) in [5.74, 6) is 0.384. The third-order valence-electron chi connectivity index (χ3n) is 3.59. The fourth-order valence-corrected chi connectivity index (χ4v) is 2.48. The first kappa shape index (κ1) is 15.8. The van der Waals surface area contributed by atoms with Crippen LogP contribution in [0.15, 0.2) is 24.3 Å². The maximum absolute atomic E-state index is 11.9. The smallest absolute Gasteiger partial charge is 0.220 e. The van der Waals surface area contributed by atoms with E-state index in [4.69, 9.17) is 9.47 Å². The number of hydrogen-bond acceptors (Lipinski definition) is 4. The standard InChI is InChI=1S/C16H24N2O3/c1-20-9-10-21-8-4-7-17-16(19)11-13-12-18-15-6-3-2-5-14(13)15/h2-3,5-6,13,18H,4,7-12H2,1H3,(H,17,19). The van der Waals surface area contributed by atoms with Crippen molar-refractivity contribution >= 4 is 11.6 Å². The molecule has 0 fully saturated rings. The molecule has 21 heavy (non-hydrogen) atoms. The number of amides is 1. The Morgan fingerprint density at radius 3 is 3.05 bits per heavy atom. The first-order valence-corrected chi connectivity index (χ1v) is 7.47. The Bertz CT molecular complexity index is 451. The Hall–Kier alpha value is -1.59. The molecular formula is C16H24N2O3. The average molecular weight is 292 g/mol. The number of carbonyl (C=O) groups excluding carboxylic acids is 1. The van der Waals surface area contributed by atoms with Gasteiger partial charge in [0.1, 0.15) is 0 Å². The van der Waals surface area contributed by atoms with Gasteiger partial charge in [-0.2, -0.15) is 0 Å². The number of ether oxygens (including phenoxy) is 2. The topological polar surface area (TPSA) is 59.6 Å². The van der Waals surface area contributed by atoms with Crippen LogP contribution in [0.25, 0.3) is 0 Å². The highest BCUT2D eigenvalue weighted by Gasteiger charge is 2.23. The molecule has 1 aliphatic heterocycles. The van der Waals surface area contributed by atoms with Crippen LogP contribution in [0, 0.1) is 0 Å². The van der Waals surface area contributed by atoms with Crippen LogP contribution in [0.2, 0.25) is 0 Å². The third kappa shape index (κ3) is 5.02. The lowest BCUT2D eigenvalue weighted by molar-refractivity contribution is -0.121. The summed E-state index contributed by atoms with van der Waals surface area (Å²) in [5, 5.41) is 6.29. The number of carbonyl (C=O) groups is 1. The molecule has 0 saturated carbocycles. The van der Waals surface area contributed by atoms with Crippen LogP contribution in [-0.2, 0) is 14.3 Å². The normalized spacial score (nSPS) is 16.3. The SMILES string of the molecule is COCCOCCCNC(=O)CC1CNc2ccccc21. The second kappa shape index (κ2) is 8.64. The van der Waals surface area contributed by atoms with Crippen molar-refractivity contribution in [1.82, 2.24) is 5.32 Å². The summed E-state index contributed by atoms with van der Waals surface area (Å²) in [7, 11) is 1.65. The number of anilines is 1. The molecule has 1 aliphatic rings. The molecule has 0 radical (unpaired) electrons. The molecule has 116 valence electrons. The maximum atomic E-state index is 11.9. The van der Waals surface area contributed by atoms with E-state index in [2.05, 4.69) is 22.8 Å². The highest BCUT2D eigenvalue weighted by atomic mass is 16.5. The Balaban J connectivity index is 1.60. The molecule has 0 saturated heterocycles. The molecular weight excluding hydrogens is 268 g/mol. The fourth-order valence-electron chi connectivity index (χ4n) is 2.48. The number of methoxy groups -OCH3 is 1. The Morgan fingerprint density at radius 2 is 2.19 bits per heavy atom. The van der Waals surface area contributed by atoms with Gasteiger partial charge in [0.15, 0.2) is 0 Å². The van der Waals surface area contributed by atoms with Crippen molar-refractivity contribution in [2.24, 2.45) is 0 Å². The molecule has 1 aromatic carbocycles. The van der Waals surface area contributed by atoms with Gasteiger partial charge in [-0.25, -0.2) is 0 Å². The highest BCUT2D eigenvalue weighted by molar-refractivity contribution is 5.78. The van der Waals surface area contributed by atoms with Crippen LogP contribution < -0.4 is 10.6 Å². The maximum Gasteiger partial charge on any atom is 0.220 e. The zero-order chi connectivity index (χ0) is 14.9. The van der Waals surface area contributed by atoms with Crippen LogP contribution in [0.4, 0.5) is 5.69 Å². The second-order valence-corrected chi connectivity index (χ2v) is 5.18. The molecule has 5 nitrogen and oxygen atoms in total. The monoisotopic (exact) mass is 292 g/mol. The largest absolute Gasteiger partial charge is 0.384 e. The van der Waals surface area contributed by atoms with Crippen molar-refractivity contribution in [3.05, 3.63) is 29.8 Å². The number of nitrogens with one attached hydrogen (secondary N) is 2. The van der Waals surface area contributed by atoms with Gasteiger partial charge in [-0.05, 0) is 18.1 Å². The van der Waals surface area contributed by atoms with Gasteiger partial charge in [-0.1, -0.05) is 18.2 Å². The van der Waals surface area contributed by atoms with Gasteiger partial charge in [0.25, 0.3) is 0 Å². The number of para-hydroxylation sites is 1. The molecule has 1 amide bonds. The summed E-state index contributed by atoms with van der Waals surface area (Å²) in [6.07, 6.45) is 1.36. The van der Waals surface area contributed by atoms with E-state index >= 15 is 0 Å². The summed E-state index contributed by atoms with van der Waals surface area (Å²) < 4.78 is 10.2. The zero-order valence-corrected chi connectivity index (χ0v) is 12.6. The predicted molar refractivity (Wildman–Crippen MR) is 82.6 cm³/mol. The minimum Gasteiger partial charge on any atom is -0.384 e. The molecule has 0 aliphatic carbocycles. The van der Waals surface area contributed by atoms with Crippen molar-refractivity contribution < 1.29 is 14.3 Å². The van der Waals surface area contributed by atoms with Crippen molar-refractivity contribution in [2.45, 2.75) is 18.8 Å². The van der Waals surface area contributed by atoms with Crippen molar-refractivity contribution in [1.29, 1.82) is 0 Å². The molecule has 2 N–H and O–H groups in total.